The third-order valence-corrected chi connectivity index (χ3v) is 2.96. The van der Waals surface area contributed by atoms with Gasteiger partial charge in [0.05, 0.1) is 4.47 Å². The van der Waals surface area contributed by atoms with Crippen LogP contribution in [0, 0.1) is 0 Å². The molecule has 0 saturated heterocycles. The molecule has 3 aromatic heterocycles. The van der Waals surface area contributed by atoms with E-state index >= 15 is 0 Å². The molecule has 0 aromatic carbocycles. The van der Waals surface area contributed by atoms with Gasteiger partial charge in [-0.15, -0.1) is 5.10 Å². The van der Waals surface area contributed by atoms with Gasteiger partial charge in [-0.3, -0.25) is 0 Å². The number of nitrogens with zero attached hydrogens (tertiary/aromatic N) is 5. The van der Waals surface area contributed by atoms with Crippen molar-refractivity contribution >= 4 is 27.5 Å². The molecule has 0 fully saturated rings. The topological polar surface area (TPSA) is 81.1 Å². The van der Waals surface area contributed by atoms with Crippen LogP contribution in [0.4, 0.5) is 5.95 Å². The van der Waals surface area contributed by atoms with Crippen molar-refractivity contribution < 1.29 is 4.52 Å². The molecule has 92 valence electrons. The van der Waals surface area contributed by atoms with E-state index in [4.69, 9.17) is 4.52 Å². The Morgan fingerprint density at radius 2 is 2.39 bits per heavy atom. The van der Waals surface area contributed by atoms with Crippen molar-refractivity contribution in [3.63, 3.8) is 0 Å². The molecule has 0 atom stereocenters. The van der Waals surface area contributed by atoms with Gasteiger partial charge in [0.1, 0.15) is 0 Å². The van der Waals surface area contributed by atoms with Crippen molar-refractivity contribution in [3.8, 4) is 0 Å². The van der Waals surface area contributed by atoms with Gasteiger partial charge in [0.25, 0.3) is 0 Å². The zero-order chi connectivity index (χ0) is 12.4. The number of aromatic nitrogens is 5. The van der Waals surface area contributed by atoms with E-state index in [9.17, 15) is 0 Å². The first-order chi connectivity index (χ1) is 8.83. The number of hydrogen-bond donors (Lipinski definition) is 1. The second-order valence-corrected chi connectivity index (χ2v) is 4.43. The first kappa shape index (κ1) is 11.1. The van der Waals surface area contributed by atoms with Crippen LogP contribution >= 0.6 is 15.9 Å². The number of halogens is 1. The lowest BCUT2D eigenvalue weighted by atomic mass is 10.4. The molecule has 18 heavy (non-hydrogen) atoms. The van der Waals surface area contributed by atoms with Gasteiger partial charge < -0.3 is 9.84 Å². The molecule has 1 N–H and O–H groups in total. The molecule has 0 unspecified atom stereocenters. The summed E-state index contributed by atoms with van der Waals surface area (Å²) in [5.74, 6) is 1.16. The molecule has 0 aliphatic carbocycles. The standard InChI is InChI=1S/C10H9BrN6O/c11-7-2-1-5-17-9(7)15-10(16-17)12-4-3-8-13-6-14-18-8/h1-2,5-6H,3-4H2,(H,12,16). The van der Waals surface area contributed by atoms with Crippen LogP contribution in [0.15, 0.2) is 33.7 Å². The number of fused-ring (bicyclic) bond motifs is 1. The number of anilines is 1. The maximum atomic E-state index is 4.89. The Balaban J connectivity index is 1.69. The lowest BCUT2D eigenvalue weighted by Gasteiger charge is -1.96. The number of pyridine rings is 1. The van der Waals surface area contributed by atoms with Crippen LogP contribution in [0.25, 0.3) is 5.65 Å². The Hall–Kier alpha value is -1.96. The minimum absolute atomic E-state index is 0.571. The summed E-state index contributed by atoms with van der Waals surface area (Å²) in [6, 6.07) is 3.82. The van der Waals surface area contributed by atoms with Gasteiger partial charge in [0, 0.05) is 19.2 Å². The maximum absolute atomic E-state index is 4.89. The summed E-state index contributed by atoms with van der Waals surface area (Å²) in [5, 5.41) is 10.9. The third-order valence-electron chi connectivity index (χ3n) is 2.34. The highest BCUT2D eigenvalue weighted by atomic mass is 79.9. The van der Waals surface area contributed by atoms with Crippen molar-refractivity contribution in [3.05, 3.63) is 35.0 Å². The number of rotatable bonds is 4. The van der Waals surface area contributed by atoms with Gasteiger partial charge in [-0.25, -0.2) is 4.52 Å². The zero-order valence-electron chi connectivity index (χ0n) is 9.25. The smallest absolute Gasteiger partial charge is 0.243 e. The normalized spacial score (nSPS) is 10.9. The molecule has 8 heteroatoms. The molecule has 0 aliphatic rings. The van der Waals surface area contributed by atoms with Crippen molar-refractivity contribution in [2.24, 2.45) is 0 Å². The van der Waals surface area contributed by atoms with E-state index < -0.39 is 0 Å². The van der Waals surface area contributed by atoms with Crippen LogP contribution in [0.3, 0.4) is 0 Å². The summed E-state index contributed by atoms with van der Waals surface area (Å²) < 4.78 is 7.51. The van der Waals surface area contributed by atoms with Gasteiger partial charge in [-0.05, 0) is 28.1 Å². The van der Waals surface area contributed by atoms with Gasteiger partial charge in [0.2, 0.25) is 11.8 Å². The third kappa shape index (κ3) is 2.19. The Bertz CT molecular complexity index is 649. The lowest BCUT2D eigenvalue weighted by molar-refractivity contribution is 0.379. The molecule has 0 bridgehead atoms. The Morgan fingerprint density at radius 3 is 3.17 bits per heavy atom. The van der Waals surface area contributed by atoms with Crippen molar-refractivity contribution in [2.45, 2.75) is 6.42 Å². The van der Waals surface area contributed by atoms with E-state index in [1.165, 1.54) is 6.33 Å². The molecule has 0 amide bonds. The number of nitrogens with one attached hydrogen (secondary N) is 1. The van der Waals surface area contributed by atoms with Crippen molar-refractivity contribution in [1.82, 2.24) is 24.7 Å². The summed E-state index contributed by atoms with van der Waals surface area (Å²) in [6.07, 6.45) is 3.86. The Morgan fingerprint density at radius 1 is 1.44 bits per heavy atom. The summed E-state index contributed by atoms with van der Waals surface area (Å²) >= 11 is 3.43. The molecule has 0 spiro atoms. The highest BCUT2D eigenvalue weighted by molar-refractivity contribution is 9.10. The van der Waals surface area contributed by atoms with E-state index in [1.807, 2.05) is 18.3 Å². The molecule has 3 aromatic rings. The molecule has 7 nitrogen and oxygen atoms in total. The monoisotopic (exact) mass is 308 g/mol. The van der Waals surface area contributed by atoms with Crippen LogP contribution in [-0.4, -0.2) is 31.3 Å². The van der Waals surface area contributed by atoms with Gasteiger partial charge >= 0.3 is 0 Å². The Labute approximate surface area is 110 Å². The van der Waals surface area contributed by atoms with Crippen LogP contribution in [0.2, 0.25) is 0 Å². The highest BCUT2D eigenvalue weighted by Crippen LogP contribution is 2.16. The van der Waals surface area contributed by atoms with Crippen LogP contribution in [0.5, 0.6) is 0 Å². The highest BCUT2D eigenvalue weighted by Gasteiger charge is 2.06. The quantitative estimate of drug-likeness (QED) is 0.787. The summed E-state index contributed by atoms with van der Waals surface area (Å²) in [6.45, 7) is 0.636. The van der Waals surface area contributed by atoms with E-state index in [1.54, 1.807) is 4.52 Å². The van der Waals surface area contributed by atoms with Crippen molar-refractivity contribution in [2.75, 3.05) is 11.9 Å². The SMILES string of the molecule is Brc1cccn2nc(NCCc3ncno3)nc12. The molecular weight excluding hydrogens is 300 g/mol. The van der Waals surface area contributed by atoms with Gasteiger partial charge in [-0.1, -0.05) is 5.16 Å². The zero-order valence-corrected chi connectivity index (χ0v) is 10.8. The second kappa shape index (κ2) is 4.73. The lowest BCUT2D eigenvalue weighted by Crippen LogP contribution is -2.06. The largest absolute Gasteiger partial charge is 0.352 e. The molecule has 0 saturated carbocycles. The van der Waals surface area contributed by atoms with E-state index in [0.29, 0.717) is 24.8 Å². The fourth-order valence-corrected chi connectivity index (χ4v) is 1.96. The van der Waals surface area contributed by atoms with Crippen LogP contribution in [0.1, 0.15) is 5.89 Å². The molecular formula is C10H9BrN6O. The summed E-state index contributed by atoms with van der Waals surface area (Å²) in [5.41, 5.74) is 0.776. The minimum atomic E-state index is 0.571. The van der Waals surface area contributed by atoms with Crippen LogP contribution in [-0.2, 0) is 6.42 Å². The average molecular weight is 309 g/mol. The predicted molar refractivity (Wildman–Crippen MR) is 67.2 cm³/mol. The van der Waals surface area contributed by atoms with E-state index in [2.05, 4.69) is 41.5 Å². The average Bonchev–Trinajstić information content (AvgIpc) is 2.98. The first-order valence-corrected chi connectivity index (χ1v) is 6.12. The maximum Gasteiger partial charge on any atom is 0.243 e. The molecule has 0 aliphatic heterocycles. The minimum Gasteiger partial charge on any atom is -0.352 e. The van der Waals surface area contributed by atoms with Crippen molar-refractivity contribution in [1.29, 1.82) is 0 Å². The van der Waals surface area contributed by atoms with Crippen LogP contribution < -0.4 is 5.32 Å². The molecule has 0 radical (unpaired) electrons. The fraction of sp³-hybridized carbons (Fsp3) is 0.200. The predicted octanol–water partition coefficient (Wildman–Crippen LogP) is 1.53. The molecule has 3 rings (SSSR count). The molecule has 3 heterocycles. The second-order valence-electron chi connectivity index (χ2n) is 3.57. The number of hydrogen-bond acceptors (Lipinski definition) is 6. The first-order valence-electron chi connectivity index (χ1n) is 5.33. The fourth-order valence-electron chi connectivity index (χ4n) is 1.54. The van der Waals surface area contributed by atoms with Gasteiger partial charge in [0.15, 0.2) is 12.0 Å². The Kier molecular flexibility index (Phi) is 2.93. The van der Waals surface area contributed by atoms with Gasteiger partial charge in [-0.2, -0.15) is 9.97 Å². The summed E-state index contributed by atoms with van der Waals surface area (Å²) in [7, 11) is 0. The van der Waals surface area contributed by atoms with E-state index in [0.717, 1.165) is 10.1 Å². The van der Waals surface area contributed by atoms with E-state index in [-0.39, 0.29) is 0 Å². The summed E-state index contributed by atoms with van der Waals surface area (Å²) in [4.78, 5) is 8.29.